The second-order valence-electron chi connectivity index (χ2n) is 8.97. The van der Waals surface area contributed by atoms with Gasteiger partial charge in [0.25, 0.3) is 5.91 Å². The maximum absolute atomic E-state index is 13.6. The molecule has 3 aliphatic rings. The van der Waals surface area contributed by atoms with Crippen LogP contribution in [0.4, 0.5) is 0 Å². The first-order chi connectivity index (χ1) is 13.2. The van der Waals surface area contributed by atoms with Gasteiger partial charge in [-0.3, -0.25) is 9.59 Å². The molecule has 1 atom stereocenters. The lowest BCUT2D eigenvalue weighted by atomic mass is 9.84. The summed E-state index contributed by atoms with van der Waals surface area (Å²) in [4.78, 5) is 30.8. The van der Waals surface area contributed by atoms with Crippen molar-refractivity contribution in [2.45, 2.75) is 76.5 Å². The van der Waals surface area contributed by atoms with Crippen molar-refractivity contribution in [2.24, 2.45) is 0 Å². The summed E-state index contributed by atoms with van der Waals surface area (Å²) in [6.07, 6.45) is 5.50. The number of carbonyl (C=O) groups is 2. The van der Waals surface area contributed by atoms with Crippen LogP contribution in [0, 0.1) is 6.92 Å². The highest BCUT2D eigenvalue weighted by Crippen LogP contribution is 2.43. The van der Waals surface area contributed by atoms with Crippen LogP contribution in [0.2, 0.25) is 5.02 Å². The van der Waals surface area contributed by atoms with Gasteiger partial charge in [0, 0.05) is 19.1 Å². The van der Waals surface area contributed by atoms with Gasteiger partial charge in [0.05, 0.1) is 5.02 Å². The summed E-state index contributed by atoms with van der Waals surface area (Å²) < 4.78 is 6.10. The molecule has 1 unspecified atom stereocenters. The molecular formula is C22H29ClN2O3. The predicted octanol–water partition coefficient (Wildman–Crippen LogP) is 3.95. The number of rotatable bonds is 4. The third kappa shape index (κ3) is 3.28. The largest absolute Gasteiger partial charge is 0.476 e. The van der Waals surface area contributed by atoms with E-state index >= 15 is 0 Å². The van der Waals surface area contributed by atoms with Gasteiger partial charge in [-0.1, -0.05) is 17.7 Å². The second-order valence-corrected chi connectivity index (χ2v) is 9.38. The summed E-state index contributed by atoms with van der Waals surface area (Å²) in [5.41, 5.74) is -0.769. The molecule has 3 fully saturated rings. The topological polar surface area (TPSA) is 49.9 Å². The normalized spacial score (nSPS) is 25.5. The minimum absolute atomic E-state index is 0.131. The van der Waals surface area contributed by atoms with Crippen molar-refractivity contribution in [1.82, 2.24) is 9.80 Å². The lowest BCUT2D eigenvalue weighted by molar-refractivity contribution is -0.162. The van der Waals surface area contributed by atoms with Crippen LogP contribution in [0.1, 0.15) is 57.9 Å². The molecule has 2 heterocycles. The fourth-order valence-corrected chi connectivity index (χ4v) is 4.90. The van der Waals surface area contributed by atoms with Crippen LogP contribution >= 0.6 is 11.6 Å². The summed E-state index contributed by atoms with van der Waals surface area (Å²) in [6, 6.07) is 5.92. The number of halogens is 1. The quantitative estimate of drug-likeness (QED) is 0.763. The molecular weight excluding hydrogens is 376 g/mol. The van der Waals surface area contributed by atoms with Crippen LogP contribution < -0.4 is 4.74 Å². The van der Waals surface area contributed by atoms with Gasteiger partial charge in [-0.25, -0.2) is 0 Å². The van der Waals surface area contributed by atoms with Crippen molar-refractivity contribution in [2.75, 3.05) is 13.1 Å². The number of benzene rings is 1. The van der Waals surface area contributed by atoms with E-state index in [1.54, 1.807) is 19.9 Å². The van der Waals surface area contributed by atoms with Gasteiger partial charge in [-0.05, 0) is 77.0 Å². The van der Waals surface area contributed by atoms with Crippen LogP contribution in [0.3, 0.4) is 0 Å². The van der Waals surface area contributed by atoms with Gasteiger partial charge < -0.3 is 14.5 Å². The maximum atomic E-state index is 13.6. The predicted molar refractivity (Wildman–Crippen MR) is 109 cm³/mol. The Morgan fingerprint density at radius 1 is 1.21 bits per heavy atom. The monoisotopic (exact) mass is 404 g/mol. The molecule has 2 saturated heterocycles. The van der Waals surface area contributed by atoms with Crippen LogP contribution in [0.5, 0.6) is 5.75 Å². The Hall–Kier alpha value is -1.75. The molecule has 4 rings (SSSR count). The first kappa shape index (κ1) is 19.6. The number of piperidine rings is 1. The molecule has 0 N–H and O–H groups in total. The third-order valence-corrected chi connectivity index (χ3v) is 6.65. The zero-order valence-corrected chi connectivity index (χ0v) is 17.7. The van der Waals surface area contributed by atoms with Gasteiger partial charge in [-0.2, -0.15) is 0 Å². The lowest BCUT2D eigenvalue weighted by Gasteiger charge is -2.46. The highest BCUT2D eigenvalue weighted by atomic mass is 35.5. The number of likely N-dealkylation sites (tertiary alicyclic amines) is 2. The number of ether oxygens (including phenoxy) is 1. The van der Waals surface area contributed by atoms with Crippen molar-refractivity contribution in [3.05, 3.63) is 28.8 Å². The molecule has 1 spiro atoms. The highest BCUT2D eigenvalue weighted by Gasteiger charge is 2.56. The molecule has 0 aromatic heterocycles. The molecule has 6 heteroatoms. The number of nitrogens with zero attached hydrogens (tertiary/aromatic N) is 2. The smallest absolute Gasteiger partial charge is 0.267 e. The van der Waals surface area contributed by atoms with Gasteiger partial charge in [-0.15, -0.1) is 0 Å². The first-order valence-corrected chi connectivity index (χ1v) is 10.7. The summed E-state index contributed by atoms with van der Waals surface area (Å²) >= 11 is 6.28. The van der Waals surface area contributed by atoms with E-state index in [1.165, 1.54) is 0 Å². The molecule has 0 bridgehead atoms. The lowest BCUT2D eigenvalue weighted by Crippen LogP contribution is -2.64. The van der Waals surface area contributed by atoms with Crippen LogP contribution in [0.25, 0.3) is 0 Å². The Labute approximate surface area is 172 Å². The average molecular weight is 405 g/mol. The molecule has 1 aliphatic carbocycles. The zero-order chi connectivity index (χ0) is 20.1. The Kier molecular flexibility index (Phi) is 4.85. The number of hydrogen-bond donors (Lipinski definition) is 0. The third-order valence-electron chi connectivity index (χ3n) is 6.34. The van der Waals surface area contributed by atoms with Crippen LogP contribution in [-0.2, 0) is 9.59 Å². The fraction of sp³-hybridized carbons (Fsp3) is 0.636. The van der Waals surface area contributed by atoms with Gasteiger partial charge in [0.2, 0.25) is 5.91 Å². The highest BCUT2D eigenvalue weighted by molar-refractivity contribution is 6.32. The Balaban J connectivity index is 1.58. The molecule has 5 nitrogen and oxygen atoms in total. The van der Waals surface area contributed by atoms with E-state index < -0.39 is 11.1 Å². The average Bonchev–Trinajstić information content (AvgIpc) is 3.40. The van der Waals surface area contributed by atoms with E-state index in [0.717, 1.165) is 50.6 Å². The molecule has 2 aliphatic heterocycles. The van der Waals surface area contributed by atoms with E-state index in [9.17, 15) is 9.59 Å². The van der Waals surface area contributed by atoms with E-state index in [1.807, 2.05) is 28.9 Å². The van der Waals surface area contributed by atoms with Gasteiger partial charge in [0.1, 0.15) is 11.3 Å². The van der Waals surface area contributed by atoms with E-state index in [-0.39, 0.29) is 11.8 Å². The number of amides is 2. The van der Waals surface area contributed by atoms with Crippen molar-refractivity contribution in [1.29, 1.82) is 0 Å². The van der Waals surface area contributed by atoms with Gasteiger partial charge >= 0.3 is 0 Å². The molecule has 0 radical (unpaired) electrons. The van der Waals surface area contributed by atoms with Crippen LogP contribution in [-0.4, -0.2) is 51.9 Å². The van der Waals surface area contributed by atoms with E-state index in [2.05, 4.69) is 0 Å². The SMILES string of the molecule is Cc1ccc(Cl)c(OC(C)(C)C(=O)N2CCCC23CCCN(C2CC2)C3=O)c1. The minimum Gasteiger partial charge on any atom is -0.476 e. The maximum Gasteiger partial charge on any atom is 0.267 e. The number of carbonyl (C=O) groups excluding carboxylic acids is 2. The second kappa shape index (κ2) is 6.94. The summed E-state index contributed by atoms with van der Waals surface area (Å²) in [7, 11) is 0. The summed E-state index contributed by atoms with van der Waals surface area (Å²) in [5, 5.41) is 0.483. The first-order valence-electron chi connectivity index (χ1n) is 10.3. The molecule has 1 aromatic rings. The van der Waals surface area contributed by atoms with Crippen LogP contribution in [0.15, 0.2) is 18.2 Å². The molecule has 28 heavy (non-hydrogen) atoms. The van der Waals surface area contributed by atoms with Gasteiger partial charge in [0.15, 0.2) is 5.60 Å². The van der Waals surface area contributed by atoms with Crippen molar-refractivity contribution < 1.29 is 14.3 Å². The van der Waals surface area contributed by atoms with Crippen molar-refractivity contribution in [3.63, 3.8) is 0 Å². The number of aryl methyl sites for hydroxylation is 1. The Bertz CT molecular complexity index is 805. The minimum atomic E-state index is -1.10. The summed E-state index contributed by atoms with van der Waals surface area (Å²) in [5.74, 6) is 0.521. The fourth-order valence-electron chi connectivity index (χ4n) is 4.74. The number of hydrogen-bond acceptors (Lipinski definition) is 3. The molecule has 152 valence electrons. The van der Waals surface area contributed by atoms with E-state index in [4.69, 9.17) is 16.3 Å². The standard InChI is InChI=1S/C22H29ClN2O3/c1-15-6-9-17(23)18(14-15)28-21(2,3)19(26)25-13-5-11-22(25)10-4-12-24(20(22)27)16-7-8-16/h6,9,14,16H,4-5,7-8,10-13H2,1-3H3. The molecule has 1 aromatic carbocycles. The molecule has 1 saturated carbocycles. The zero-order valence-electron chi connectivity index (χ0n) is 17.0. The summed E-state index contributed by atoms with van der Waals surface area (Å²) in [6.45, 7) is 6.93. The van der Waals surface area contributed by atoms with E-state index in [0.29, 0.717) is 23.4 Å². The molecule has 2 amide bonds. The van der Waals surface area contributed by atoms with Crippen molar-refractivity contribution >= 4 is 23.4 Å². The van der Waals surface area contributed by atoms with Crippen molar-refractivity contribution in [3.8, 4) is 5.75 Å². The Morgan fingerprint density at radius 2 is 1.89 bits per heavy atom. The Morgan fingerprint density at radius 3 is 2.57 bits per heavy atom.